The highest BCUT2D eigenvalue weighted by molar-refractivity contribution is 5.94. The molecule has 0 aromatic heterocycles. The number of amides is 2. The molecule has 2 aliphatic heterocycles. The lowest BCUT2D eigenvalue weighted by Crippen LogP contribution is -2.52. The second kappa shape index (κ2) is 6.20. The van der Waals surface area contributed by atoms with E-state index in [0.29, 0.717) is 31.7 Å². The van der Waals surface area contributed by atoms with E-state index in [1.165, 1.54) is 5.56 Å². The third kappa shape index (κ3) is 2.81. The van der Waals surface area contributed by atoms with Crippen LogP contribution in [0.15, 0.2) is 18.2 Å². The molecule has 3 rings (SSSR count). The highest BCUT2D eigenvalue weighted by Gasteiger charge is 2.51. The van der Waals surface area contributed by atoms with Crippen molar-refractivity contribution in [2.75, 3.05) is 32.8 Å². The summed E-state index contributed by atoms with van der Waals surface area (Å²) in [6.45, 7) is 8.06. The van der Waals surface area contributed by atoms with E-state index in [0.717, 1.165) is 12.0 Å². The summed E-state index contributed by atoms with van der Waals surface area (Å²) < 4.78 is 0. The zero-order valence-electron chi connectivity index (χ0n) is 14.7. The number of aliphatic hydroxyl groups excluding tert-OH is 1. The average Bonchev–Trinajstić information content (AvgIpc) is 2.95. The largest absolute Gasteiger partial charge is 0.396 e. The highest BCUT2D eigenvalue weighted by Crippen LogP contribution is 2.42. The molecule has 0 saturated carbocycles. The van der Waals surface area contributed by atoms with Gasteiger partial charge in [-0.15, -0.1) is 0 Å². The van der Waals surface area contributed by atoms with Gasteiger partial charge in [0.2, 0.25) is 5.91 Å². The van der Waals surface area contributed by atoms with E-state index in [1.54, 1.807) is 11.8 Å². The van der Waals surface area contributed by atoms with Crippen LogP contribution >= 0.6 is 0 Å². The Morgan fingerprint density at radius 1 is 1.21 bits per heavy atom. The Morgan fingerprint density at radius 3 is 2.54 bits per heavy atom. The minimum absolute atomic E-state index is 0.0121. The van der Waals surface area contributed by atoms with Gasteiger partial charge in [-0.3, -0.25) is 9.59 Å². The summed E-state index contributed by atoms with van der Waals surface area (Å²) in [5.74, 6) is 0.323. The normalized spacial score (nSPS) is 26.4. The number of aryl methyl sites for hydroxylation is 2. The van der Waals surface area contributed by atoms with Crippen molar-refractivity contribution in [1.82, 2.24) is 9.80 Å². The van der Waals surface area contributed by atoms with Gasteiger partial charge < -0.3 is 14.9 Å². The molecule has 2 fully saturated rings. The molecular formula is C19H26N2O3. The zero-order valence-corrected chi connectivity index (χ0v) is 14.7. The summed E-state index contributed by atoms with van der Waals surface area (Å²) in [6.07, 6.45) is 0.844. The van der Waals surface area contributed by atoms with Gasteiger partial charge in [0.1, 0.15) is 0 Å². The van der Waals surface area contributed by atoms with Crippen molar-refractivity contribution < 1.29 is 14.7 Å². The number of nitrogens with zero attached hydrogens (tertiary/aromatic N) is 2. The van der Waals surface area contributed by atoms with Crippen LogP contribution < -0.4 is 0 Å². The first-order valence-electron chi connectivity index (χ1n) is 8.59. The molecule has 0 unspecified atom stereocenters. The SMILES string of the molecule is CC(=O)N1CC[C@H]2CN(C(=O)c3ccc(C)c(C)c3)C[C@@]2(CO)C1. The van der Waals surface area contributed by atoms with E-state index in [9.17, 15) is 14.7 Å². The average molecular weight is 330 g/mol. The van der Waals surface area contributed by atoms with Crippen molar-refractivity contribution >= 4 is 11.8 Å². The first-order chi connectivity index (χ1) is 11.4. The monoisotopic (exact) mass is 330 g/mol. The minimum Gasteiger partial charge on any atom is -0.396 e. The van der Waals surface area contributed by atoms with Crippen LogP contribution in [-0.2, 0) is 4.79 Å². The molecule has 0 radical (unpaired) electrons. The van der Waals surface area contributed by atoms with Gasteiger partial charge in [0.25, 0.3) is 5.91 Å². The molecule has 1 aromatic carbocycles. The van der Waals surface area contributed by atoms with Crippen LogP contribution in [0.2, 0.25) is 0 Å². The number of carbonyl (C=O) groups is 2. The second-order valence-corrected chi connectivity index (χ2v) is 7.43. The molecule has 1 N–H and O–H groups in total. The van der Waals surface area contributed by atoms with E-state index in [-0.39, 0.29) is 29.8 Å². The van der Waals surface area contributed by atoms with E-state index < -0.39 is 0 Å². The number of likely N-dealkylation sites (tertiary alicyclic amines) is 2. The van der Waals surface area contributed by atoms with E-state index in [1.807, 2.05) is 36.9 Å². The Labute approximate surface area is 143 Å². The molecular weight excluding hydrogens is 304 g/mol. The number of benzene rings is 1. The summed E-state index contributed by atoms with van der Waals surface area (Å²) in [7, 11) is 0. The summed E-state index contributed by atoms with van der Waals surface area (Å²) in [6, 6.07) is 5.79. The van der Waals surface area contributed by atoms with Gasteiger partial charge in [0.15, 0.2) is 0 Å². The lowest BCUT2D eigenvalue weighted by molar-refractivity contribution is -0.134. The standard InChI is InChI=1S/C19H26N2O3/c1-13-4-5-16(8-14(13)2)18(24)21-9-17-6-7-20(15(3)23)10-19(17,11-21)12-22/h4-5,8,17,22H,6-7,9-12H2,1-3H3/t17-,19+/m0/s1. The molecule has 0 aliphatic carbocycles. The third-order valence-corrected chi connectivity index (χ3v) is 5.87. The van der Waals surface area contributed by atoms with E-state index >= 15 is 0 Å². The lowest BCUT2D eigenvalue weighted by atomic mass is 9.74. The minimum atomic E-state index is -0.376. The van der Waals surface area contributed by atoms with Crippen LogP contribution in [0, 0.1) is 25.2 Å². The number of rotatable bonds is 2. The summed E-state index contributed by atoms with van der Waals surface area (Å²) in [5.41, 5.74) is 2.61. The van der Waals surface area contributed by atoms with Gasteiger partial charge in [-0.2, -0.15) is 0 Å². The van der Waals surface area contributed by atoms with Crippen molar-refractivity contribution in [2.45, 2.75) is 27.2 Å². The summed E-state index contributed by atoms with van der Waals surface area (Å²) in [5, 5.41) is 10.0. The smallest absolute Gasteiger partial charge is 0.253 e. The maximum Gasteiger partial charge on any atom is 0.253 e. The van der Waals surface area contributed by atoms with E-state index in [4.69, 9.17) is 0 Å². The quantitative estimate of drug-likeness (QED) is 0.896. The topological polar surface area (TPSA) is 60.9 Å². The molecule has 24 heavy (non-hydrogen) atoms. The van der Waals surface area contributed by atoms with E-state index in [2.05, 4.69) is 0 Å². The van der Waals surface area contributed by atoms with Gasteiger partial charge in [-0.1, -0.05) is 6.07 Å². The number of hydrogen-bond acceptors (Lipinski definition) is 3. The van der Waals surface area contributed by atoms with Crippen LogP contribution in [0.5, 0.6) is 0 Å². The van der Waals surface area contributed by atoms with Crippen LogP contribution in [0.3, 0.4) is 0 Å². The molecule has 0 spiro atoms. The Hall–Kier alpha value is -1.88. The molecule has 2 amide bonds. The van der Waals surface area contributed by atoms with Gasteiger partial charge in [-0.25, -0.2) is 0 Å². The summed E-state index contributed by atoms with van der Waals surface area (Å²) >= 11 is 0. The van der Waals surface area contributed by atoms with Crippen molar-refractivity contribution in [3.05, 3.63) is 34.9 Å². The van der Waals surface area contributed by atoms with Crippen molar-refractivity contribution in [3.63, 3.8) is 0 Å². The maximum atomic E-state index is 12.9. The molecule has 5 nitrogen and oxygen atoms in total. The number of aliphatic hydroxyl groups is 1. The molecule has 0 bridgehead atoms. The maximum absolute atomic E-state index is 12.9. The molecule has 2 aliphatic rings. The van der Waals surface area contributed by atoms with Crippen LogP contribution in [-0.4, -0.2) is 59.5 Å². The van der Waals surface area contributed by atoms with Crippen LogP contribution in [0.4, 0.5) is 0 Å². The Morgan fingerprint density at radius 2 is 1.92 bits per heavy atom. The van der Waals surface area contributed by atoms with Gasteiger partial charge in [0, 0.05) is 44.1 Å². The van der Waals surface area contributed by atoms with Crippen LogP contribution in [0.25, 0.3) is 0 Å². The Balaban J connectivity index is 1.81. The fourth-order valence-electron chi connectivity index (χ4n) is 4.09. The van der Waals surface area contributed by atoms with Crippen molar-refractivity contribution in [3.8, 4) is 0 Å². The number of carbonyl (C=O) groups excluding carboxylic acids is 2. The van der Waals surface area contributed by atoms with Gasteiger partial charge >= 0.3 is 0 Å². The number of hydrogen-bond donors (Lipinski definition) is 1. The predicted molar refractivity (Wildman–Crippen MR) is 91.7 cm³/mol. The summed E-state index contributed by atoms with van der Waals surface area (Å²) in [4.78, 5) is 28.3. The highest BCUT2D eigenvalue weighted by atomic mass is 16.3. The first-order valence-corrected chi connectivity index (χ1v) is 8.59. The molecule has 1 aromatic rings. The first kappa shape index (κ1) is 17.0. The Bertz CT molecular complexity index is 673. The fraction of sp³-hybridized carbons (Fsp3) is 0.579. The lowest BCUT2D eigenvalue weighted by Gasteiger charge is -2.42. The molecule has 2 saturated heterocycles. The predicted octanol–water partition coefficient (Wildman–Crippen LogP) is 1.61. The van der Waals surface area contributed by atoms with Crippen molar-refractivity contribution in [1.29, 1.82) is 0 Å². The van der Waals surface area contributed by atoms with Crippen molar-refractivity contribution in [2.24, 2.45) is 11.3 Å². The molecule has 130 valence electrons. The third-order valence-electron chi connectivity index (χ3n) is 5.87. The Kier molecular flexibility index (Phi) is 4.38. The van der Waals surface area contributed by atoms with Gasteiger partial charge in [0.05, 0.1) is 6.61 Å². The zero-order chi connectivity index (χ0) is 17.5. The number of piperidine rings is 1. The molecule has 2 atom stereocenters. The van der Waals surface area contributed by atoms with Gasteiger partial charge in [-0.05, 0) is 49.4 Å². The fourth-order valence-corrected chi connectivity index (χ4v) is 4.09. The number of fused-ring (bicyclic) bond motifs is 1. The van der Waals surface area contributed by atoms with Crippen LogP contribution in [0.1, 0.15) is 34.8 Å². The molecule has 2 heterocycles. The molecule has 5 heteroatoms. The second-order valence-electron chi connectivity index (χ2n) is 7.43.